The lowest BCUT2D eigenvalue weighted by atomic mass is 9.93. The predicted molar refractivity (Wildman–Crippen MR) is 92.0 cm³/mol. The van der Waals surface area contributed by atoms with Gasteiger partial charge >= 0.3 is 0 Å². The molecule has 2 saturated heterocycles. The number of carbonyl (C=O) groups excluding carboxylic acids is 2. The van der Waals surface area contributed by atoms with Gasteiger partial charge in [-0.3, -0.25) is 14.7 Å². The summed E-state index contributed by atoms with van der Waals surface area (Å²) in [6.45, 7) is 4.87. The molecule has 2 aliphatic heterocycles. The lowest BCUT2D eigenvalue weighted by molar-refractivity contribution is -0.146. The average molecular weight is 349 g/mol. The van der Waals surface area contributed by atoms with Crippen LogP contribution in [-0.2, 0) is 16.0 Å². The SMILES string of the molecule is CC(=O)N1CCNCC1C(=O)N1CCC(c2cc(CCO)[nH]n2)CC1. The number of nitrogens with one attached hydrogen (secondary N) is 2. The summed E-state index contributed by atoms with van der Waals surface area (Å²) in [6.07, 6.45) is 2.32. The molecule has 0 bridgehead atoms. The molecule has 8 heteroatoms. The number of aromatic amines is 1. The summed E-state index contributed by atoms with van der Waals surface area (Å²) in [7, 11) is 0. The first-order valence-corrected chi connectivity index (χ1v) is 9.02. The van der Waals surface area contributed by atoms with Crippen LogP contribution in [-0.4, -0.2) is 82.3 Å². The number of carbonyl (C=O) groups is 2. The second kappa shape index (κ2) is 7.97. The van der Waals surface area contributed by atoms with Crippen LogP contribution < -0.4 is 5.32 Å². The van der Waals surface area contributed by atoms with E-state index in [4.69, 9.17) is 5.11 Å². The molecule has 0 aliphatic carbocycles. The van der Waals surface area contributed by atoms with Crippen molar-refractivity contribution in [3.8, 4) is 0 Å². The van der Waals surface area contributed by atoms with Gasteiger partial charge in [-0.05, 0) is 18.9 Å². The molecule has 0 aromatic carbocycles. The van der Waals surface area contributed by atoms with Crippen molar-refractivity contribution in [2.75, 3.05) is 39.3 Å². The highest BCUT2D eigenvalue weighted by Gasteiger charge is 2.35. The number of nitrogens with zero attached hydrogens (tertiary/aromatic N) is 3. The second-order valence-electron chi connectivity index (χ2n) is 6.82. The van der Waals surface area contributed by atoms with Gasteiger partial charge in [0.1, 0.15) is 6.04 Å². The van der Waals surface area contributed by atoms with Gasteiger partial charge in [0.15, 0.2) is 0 Å². The van der Waals surface area contributed by atoms with E-state index in [1.165, 1.54) is 6.92 Å². The van der Waals surface area contributed by atoms with Crippen molar-refractivity contribution in [2.24, 2.45) is 0 Å². The molecule has 3 rings (SSSR count). The lowest BCUT2D eigenvalue weighted by Gasteiger charge is -2.39. The first kappa shape index (κ1) is 17.9. The number of piperidine rings is 1. The van der Waals surface area contributed by atoms with E-state index in [1.807, 2.05) is 11.0 Å². The number of H-pyrrole nitrogens is 1. The van der Waals surface area contributed by atoms with Crippen LogP contribution in [0.15, 0.2) is 6.07 Å². The summed E-state index contributed by atoms with van der Waals surface area (Å²) in [5, 5.41) is 19.5. The Morgan fingerprint density at radius 3 is 2.76 bits per heavy atom. The molecular formula is C17H27N5O3. The highest BCUT2D eigenvalue weighted by molar-refractivity contribution is 5.87. The van der Waals surface area contributed by atoms with Crippen LogP contribution in [0.2, 0.25) is 0 Å². The van der Waals surface area contributed by atoms with Gasteiger partial charge in [-0.1, -0.05) is 0 Å². The van der Waals surface area contributed by atoms with Gasteiger partial charge < -0.3 is 20.2 Å². The minimum absolute atomic E-state index is 0.0392. The molecule has 1 aromatic heterocycles. The lowest BCUT2D eigenvalue weighted by Crippen LogP contribution is -2.60. The number of aromatic nitrogens is 2. The van der Waals surface area contributed by atoms with Crippen LogP contribution >= 0.6 is 0 Å². The Kier molecular flexibility index (Phi) is 5.70. The molecule has 1 atom stereocenters. The number of piperazine rings is 1. The summed E-state index contributed by atoms with van der Waals surface area (Å²) in [5.74, 6) is 0.340. The second-order valence-corrected chi connectivity index (χ2v) is 6.82. The van der Waals surface area contributed by atoms with Crippen molar-refractivity contribution >= 4 is 11.8 Å². The fourth-order valence-electron chi connectivity index (χ4n) is 3.75. The summed E-state index contributed by atoms with van der Waals surface area (Å²) in [6, 6.07) is 1.63. The van der Waals surface area contributed by atoms with E-state index in [9.17, 15) is 9.59 Å². The quantitative estimate of drug-likeness (QED) is 0.678. The van der Waals surface area contributed by atoms with Gasteiger partial charge in [0, 0.05) is 64.3 Å². The average Bonchev–Trinajstić information content (AvgIpc) is 3.10. The molecule has 0 spiro atoms. The molecule has 8 nitrogen and oxygen atoms in total. The van der Waals surface area contributed by atoms with Crippen LogP contribution in [0.5, 0.6) is 0 Å². The molecule has 2 fully saturated rings. The van der Waals surface area contributed by atoms with E-state index in [1.54, 1.807) is 4.90 Å². The maximum Gasteiger partial charge on any atom is 0.246 e. The molecule has 25 heavy (non-hydrogen) atoms. The van der Waals surface area contributed by atoms with Gasteiger partial charge in [0.25, 0.3) is 0 Å². The number of rotatable bonds is 4. The van der Waals surface area contributed by atoms with Crippen molar-refractivity contribution in [3.05, 3.63) is 17.5 Å². The number of likely N-dealkylation sites (tertiary alicyclic amines) is 1. The zero-order chi connectivity index (χ0) is 17.8. The molecule has 2 aliphatic rings. The Labute approximate surface area is 147 Å². The Morgan fingerprint density at radius 2 is 2.08 bits per heavy atom. The van der Waals surface area contributed by atoms with E-state index < -0.39 is 0 Å². The maximum absolute atomic E-state index is 12.8. The van der Waals surface area contributed by atoms with Crippen molar-refractivity contribution in [1.82, 2.24) is 25.3 Å². The molecule has 3 N–H and O–H groups in total. The molecule has 0 saturated carbocycles. The first-order valence-electron chi connectivity index (χ1n) is 9.02. The standard InChI is InChI=1S/C17H27N5O3/c1-12(24)22-8-5-18-11-16(22)17(25)21-6-2-13(3-7-21)15-10-14(4-9-23)19-20-15/h10,13,16,18,23H,2-9,11H2,1H3,(H,19,20). The van der Waals surface area contributed by atoms with Crippen molar-refractivity contribution in [3.63, 3.8) is 0 Å². The maximum atomic E-state index is 12.8. The van der Waals surface area contributed by atoms with Crippen LogP contribution in [0, 0.1) is 0 Å². The number of aliphatic hydroxyl groups excluding tert-OH is 1. The Hall–Kier alpha value is -1.93. The van der Waals surface area contributed by atoms with Gasteiger partial charge in [-0.15, -0.1) is 0 Å². The van der Waals surface area contributed by atoms with Crippen LogP contribution in [0.3, 0.4) is 0 Å². The predicted octanol–water partition coefficient (Wildman–Crippen LogP) is -0.529. The molecule has 0 radical (unpaired) electrons. The number of hydrogen-bond donors (Lipinski definition) is 3. The molecule has 3 heterocycles. The molecule has 1 unspecified atom stereocenters. The van der Waals surface area contributed by atoms with E-state index in [2.05, 4.69) is 15.5 Å². The van der Waals surface area contributed by atoms with Crippen LogP contribution in [0.4, 0.5) is 0 Å². The van der Waals surface area contributed by atoms with Gasteiger partial charge in [0.05, 0.1) is 5.69 Å². The van der Waals surface area contributed by atoms with Crippen molar-refractivity contribution in [2.45, 2.75) is 38.1 Å². The Morgan fingerprint density at radius 1 is 1.32 bits per heavy atom. The third-order valence-electron chi connectivity index (χ3n) is 5.19. The van der Waals surface area contributed by atoms with E-state index in [-0.39, 0.29) is 24.5 Å². The Bertz CT molecular complexity index is 609. The highest BCUT2D eigenvalue weighted by Crippen LogP contribution is 2.27. The zero-order valence-electron chi connectivity index (χ0n) is 14.7. The summed E-state index contributed by atoms with van der Waals surface area (Å²) < 4.78 is 0. The minimum atomic E-state index is -0.385. The summed E-state index contributed by atoms with van der Waals surface area (Å²) in [4.78, 5) is 28.2. The van der Waals surface area contributed by atoms with E-state index >= 15 is 0 Å². The van der Waals surface area contributed by atoms with Gasteiger partial charge in [-0.25, -0.2) is 0 Å². The van der Waals surface area contributed by atoms with Crippen LogP contribution in [0.25, 0.3) is 0 Å². The minimum Gasteiger partial charge on any atom is -0.396 e. The molecule has 138 valence electrons. The molecule has 2 amide bonds. The van der Waals surface area contributed by atoms with Crippen LogP contribution in [0.1, 0.15) is 37.1 Å². The number of hydrogen-bond acceptors (Lipinski definition) is 5. The van der Waals surface area contributed by atoms with Crippen molar-refractivity contribution in [1.29, 1.82) is 0 Å². The summed E-state index contributed by atoms with van der Waals surface area (Å²) in [5.41, 5.74) is 1.96. The number of amides is 2. The summed E-state index contributed by atoms with van der Waals surface area (Å²) >= 11 is 0. The normalized spacial score (nSPS) is 22.2. The largest absolute Gasteiger partial charge is 0.396 e. The third kappa shape index (κ3) is 4.01. The zero-order valence-corrected chi connectivity index (χ0v) is 14.7. The number of aliphatic hydroxyl groups is 1. The fraction of sp³-hybridized carbons (Fsp3) is 0.706. The monoisotopic (exact) mass is 349 g/mol. The van der Waals surface area contributed by atoms with E-state index in [0.29, 0.717) is 38.5 Å². The third-order valence-corrected chi connectivity index (χ3v) is 5.19. The first-order chi connectivity index (χ1) is 12.1. The molecule has 1 aromatic rings. The Balaban J connectivity index is 1.57. The van der Waals surface area contributed by atoms with Gasteiger partial charge in [-0.2, -0.15) is 5.10 Å². The van der Waals surface area contributed by atoms with E-state index in [0.717, 1.165) is 30.8 Å². The highest BCUT2D eigenvalue weighted by atomic mass is 16.3. The molecular weight excluding hydrogens is 322 g/mol. The van der Waals surface area contributed by atoms with Crippen molar-refractivity contribution < 1.29 is 14.7 Å². The van der Waals surface area contributed by atoms with Gasteiger partial charge in [0.2, 0.25) is 11.8 Å². The topological polar surface area (TPSA) is 102 Å². The smallest absolute Gasteiger partial charge is 0.246 e. The fourth-order valence-corrected chi connectivity index (χ4v) is 3.75.